The summed E-state index contributed by atoms with van der Waals surface area (Å²) in [5, 5.41) is 3.92. The lowest BCUT2D eigenvalue weighted by Crippen LogP contribution is -2.35. The van der Waals surface area contributed by atoms with Crippen LogP contribution in [0.5, 0.6) is 5.75 Å². The van der Waals surface area contributed by atoms with Crippen LogP contribution in [0, 0.1) is 17.7 Å². The summed E-state index contributed by atoms with van der Waals surface area (Å²) in [5.74, 6) is 2.58. The van der Waals surface area contributed by atoms with E-state index in [9.17, 15) is 0 Å². The molecular weight excluding hydrogens is 322 g/mol. The highest BCUT2D eigenvalue weighted by atomic mass is 32.1. The van der Waals surface area contributed by atoms with Gasteiger partial charge in [-0.1, -0.05) is 17.3 Å². The van der Waals surface area contributed by atoms with Gasteiger partial charge in [-0.2, -0.15) is 0 Å². The zero-order valence-electron chi connectivity index (χ0n) is 14.4. The van der Waals surface area contributed by atoms with Crippen LogP contribution in [0.15, 0.2) is 28.8 Å². The van der Waals surface area contributed by atoms with Gasteiger partial charge >= 0.3 is 0 Å². The van der Waals surface area contributed by atoms with E-state index in [4.69, 9.17) is 21.5 Å². The second-order valence-electron chi connectivity index (χ2n) is 6.51. The van der Waals surface area contributed by atoms with Gasteiger partial charge < -0.3 is 9.26 Å². The third-order valence-electron chi connectivity index (χ3n) is 4.92. The van der Waals surface area contributed by atoms with E-state index >= 15 is 0 Å². The van der Waals surface area contributed by atoms with Crippen LogP contribution in [0.3, 0.4) is 0 Å². The lowest BCUT2D eigenvalue weighted by Gasteiger charge is -2.32. The first-order valence-electron chi connectivity index (χ1n) is 8.54. The number of aryl methyl sites for hydroxylation is 2. The molecule has 130 valence electrons. The third-order valence-corrected chi connectivity index (χ3v) is 5.21. The first kappa shape index (κ1) is 17.2. The maximum Gasteiger partial charge on any atom is 0.298 e. The molecule has 6 heteroatoms. The number of rotatable bonds is 6. The summed E-state index contributed by atoms with van der Waals surface area (Å²) in [6.07, 6.45) is 4.89. The summed E-state index contributed by atoms with van der Waals surface area (Å²) in [5.41, 5.74) is 1.39. The fourth-order valence-electron chi connectivity index (χ4n) is 3.28. The summed E-state index contributed by atoms with van der Waals surface area (Å²) in [6, 6.07) is 8.43. The lowest BCUT2D eigenvalue weighted by molar-refractivity contribution is 0.141. The van der Waals surface area contributed by atoms with Gasteiger partial charge in [0.2, 0.25) is 0 Å². The first-order valence-corrected chi connectivity index (χ1v) is 8.95. The molecule has 0 N–H and O–H groups in total. The van der Waals surface area contributed by atoms with Crippen molar-refractivity contribution in [1.82, 2.24) is 14.6 Å². The van der Waals surface area contributed by atoms with Crippen LogP contribution in [-0.4, -0.2) is 34.8 Å². The molecule has 0 aliphatic carbocycles. The van der Waals surface area contributed by atoms with Crippen LogP contribution in [0.4, 0.5) is 0 Å². The van der Waals surface area contributed by atoms with Crippen molar-refractivity contribution in [2.75, 3.05) is 20.2 Å². The van der Waals surface area contributed by atoms with E-state index in [1.54, 1.807) is 7.11 Å². The molecule has 0 bridgehead atoms. The molecular formula is C18H25N3O2S. The lowest BCUT2D eigenvalue weighted by atomic mass is 9.90. The summed E-state index contributed by atoms with van der Waals surface area (Å²) < 4.78 is 12.2. The molecule has 1 aromatic carbocycles. The topological polar surface area (TPSA) is 43.4 Å². The van der Waals surface area contributed by atoms with Crippen molar-refractivity contribution in [3.63, 3.8) is 0 Å². The number of piperidine rings is 1. The molecule has 1 saturated heterocycles. The molecule has 5 nitrogen and oxygen atoms in total. The highest BCUT2D eigenvalue weighted by Gasteiger charge is 2.20. The molecule has 0 spiro atoms. The Bertz CT molecular complexity index is 700. The van der Waals surface area contributed by atoms with Gasteiger partial charge in [0.05, 0.1) is 13.8 Å². The molecule has 1 aliphatic heterocycles. The number of aromatic nitrogens is 2. The molecule has 1 aliphatic rings. The average Bonchev–Trinajstić information content (AvgIpc) is 2.93. The zero-order chi connectivity index (χ0) is 16.9. The normalized spacial score (nSPS) is 16.4. The van der Waals surface area contributed by atoms with Crippen molar-refractivity contribution in [3.8, 4) is 5.75 Å². The largest absolute Gasteiger partial charge is 0.497 e. The van der Waals surface area contributed by atoms with Gasteiger partial charge in [0, 0.05) is 13.1 Å². The number of nitrogens with zero attached hydrogens (tertiary/aromatic N) is 3. The van der Waals surface area contributed by atoms with Gasteiger partial charge in [-0.25, -0.2) is 0 Å². The molecule has 0 unspecified atom stereocenters. The van der Waals surface area contributed by atoms with Crippen molar-refractivity contribution in [2.24, 2.45) is 5.92 Å². The van der Waals surface area contributed by atoms with Crippen LogP contribution in [-0.2, 0) is 13.1 Å². The monoisotopic (exact) mass is 347 g/mol. The predicted octanol–water partition coefficient (Wildman–Crippen LogP) is 3.82. The fraction of sp³-hybridized carbons (Fsp3) is 0.556. The standard InChI is InChI=1S/C18H25N3O2S/c1-14-19-23-18(24)21(14)13-20-11-9-16(10-12-20)4-3-15-5-7-17(22-2)8-6-15/h5-8,16H,3-4,9-13H2,1-2H3. The molecule has 2 heterocycles. The van der Waals surface area contributed by atoms with E-state index in [-0.39, 0.29) is 0 Å². The molecule has 0 saturated carbocycles. The maximum absolute atomic E-state index is 5.21. The van der Waals surface area contributed by atoms with Crippen LogP contribution in [0.1, 0.15) is 30.7 Å². The SMILES string of the molecule is COc1ccc(CCC2CCN(Cn3c(C)noc3=S)CC2)cc1. The number of hydrogen-bond donors (Lipinski definition) is 0. The van der Waals surface area contributed by atoms with Crippen LogP contribution in [0.2, 0.25) is 0 Å². The van der Waals surface area contributed by atoms with E-state index in [0.29, 0.717) is 4.84 Å². The number of benzene rings is 1. The van der Waals surface area contributed by atoms with Crippen LogP contribution >= 0.6 is 12.2 Å². The van der Waals surface area contributed by atoms with Crippen molar-refractivity contribution >= 4 is 12.2 Å². The molecule has 1 aromatic heterocycles. The van der Waals surface area contributed by atoms with Crippen LogP contribution < -0.4 is 4.74 Å². The summed E-state index contributed by atoms with van der Waals surface area (Å²) in [7, 11) is 1.71. The Labute approximate surface area is 148 Å². The van der Waals surface area contributed by atoms with E-state index in [1.807, 2.05) is 23.6 Å². The molecule has 1 fully saturated rings. The molecule has 0 radical (unpaired) electrons. The van der Waals surface area contributed by atoms with E-state index in [1.165, 1.54) is 24.8 Å². The Balaban J connectivity index is 1.44. The Kier molecular flexibility index (Phi) is 5.68. The Morgan fingerprint density at radius 1 is 1.25 bits per heavy atom. The minimum absolute atomic E-state index is 0.467. The van der Waals surface area contributed by atoms with Crippen molar-refractivity contribution in [2.45, 2.75) is 39.3 Å². The minimum Gasteiger partial charge on any atom is -0.497 e. The molecule has 2 aromatic rings. The number of hydrogen-bond acceptors (Lipinski definition) is 5. The fourth-order valence-corrected chi connectivity index (χ4v) is 3.50. The Morgan fingerprint density at radius 2 is 1.96 bits per heavy atom. The smallest absolute Gasteiger partial charge is 0.298 e. The van der Waals surface area contributed by atoms with Crippen molar-refractivity contribution < 1.29 is 9.26 Å². The second-order valence-corrected chi connectivity index (χ2v) is 6.86. The van der Waals surface area contributed by atoms with E-state index in [2.05, 4.69) is 22.2 Å². The number of likely N-dealkylation sites (tertiary alicyclic amines) is 1. The highest BCUT2D eigenvalue weighted by molar-refractivity contribution is 7.71. The first-order chi connectivity index (χ1) is 11.7. The third kappa shape index (κ3) is 4.24. The average molecular weight is 347 g/mol. The zero-order valence-corrected chi connectivity index (χ0v) is 15.2. The maximum atomic E-state index is 5.21. The Hall–Kier alpha value is -1.66. The van der Waals surface area contributed by atoms with Gasteiger partial charge in [0.25, 0.3) is 4.84 Å². The molecule has 3 rings (SSSR count). The molecule has 0 atom stereocenters. The van der Waals surface area contributed by atoms with Gasteiger partial charge in [-0.15, -0.1) is 0 Å². The highest BCUT2D eigenvalue weighted by Crippen LogP contribution is 2.23. The minimum atomic E-state index is 0.467. The molecule has 24 heavy (non-hydrogen) atoms. The van der Waals surface area contributed by atoms with Crippen molar-refractivity contribution in [3.05, 3.63) is 40.5 Å². The quantitative estimate of drug-likeness (QED) is 0.743. The van der Waals surface area contributed by atoms with Crippen LogP contribution in [0.25, 0.3) is 0 Å². The van der Waals surface area contributed by atoms with Gasteiger partial charge in [-0.05, 0) is 68.4 Å². The summed E-state index contributed by atoms with van der Waals surface area (Å²) >= 11 is 5.18. The molecule has 0 amide bonds. The van der Waals surface area contributed by atoms with E-state index < -0.39 is 0 Å². The van der Waals surface area contributed by atoms with E-state index in [0.717, 1.165) is 43.7 Å². The van der Waals surface area contributed by atoms with Gasteiger partial charge in [0.15, 0.2) is 5.82 Å². The number of methoxy groups -OCH3 is 1. The predicted molar refractivity (Wildman–Crippen MR) is 95.7 cm³/mol. The van der Waals surface area contributed by atoms with Gasteiger partial charge in [-0.3, -0.25) is 9.47 Å². The number of ether oxygens (including phenoxy) is 1. The Morgan fingerprint density at radius 3 is 2.54 bits per heavy atom. The summed E-state index contributed by atoms with van der Waals surface area (Å²) in [4.78, 5) is 2.90. The summed E-state index contributed by atoms with van der Waals surface area (Å²) in [6.45, 7) is 4.94. The second kappa shape index (κ2) is 7.94. The van der Waals surface area contributed by atoms with Gasteiger partial charge in [0.1, 0.15) is 5.75 Å². The van der Waals surface area contributed by atoms with Crippen molar-refractivity contribution in [1.29, 1.82) is 0 Å².